The van der Waals surface area contributed by atoms with Gasteiger partial charge in [0.1, 0.15) is 5.75 Å². The number of methoxy groups -OCH3 is 1. The van der Waals surface area contributed by atoms with E-state index in [1.54, 1.807) is 19.2 Å². The third-order valence-corrected chi connectivity index (χ3v) is 3.76. The van der Waals surface area contributed by atoms with Crippen LogP contribution < -0.4 is 15.8 Å². The average Bonchev–Trinajstić information content (AvgIpc) is 2.49. The SMILES string of the molecule is COc1ccc(CCC(=O)Nc2cc(N)ccc2Br)cc1. The molecule has 0 radical (unpaired) electrons. The number of carbonyl (C=O) groups excluding carboxylic acids is 1. The van der Waals surface area contributed by atoms with Gasteiger partial charge >= 0.3 is 0 Å². The van der Waals surface area contributed by atoms with E-state index < -0.39 is 0 Å². The molecule has 0 heterocycles. The van der Waals surface area contributed by atoms with E-state index in [1.165, 1.54) is 0 Å². The summed E-state index contributed by atoms with van der Waals surface area (Å²) >= 11 is 3.39. The number of nitrogens with one attached hydrogen (secondary N) is 1. The molecule has 0 atom stereocenters. The van der Waals surface area contributed by atoms with E-state index >= 15 is 0 Å². The third-order valence-electron chi connectivity index (χ3n) is 3.06. The molecule has 4 nitrogen and oxygen atoms in total. The highest BCUT2D eigenvalue weighted by Gasteiger charge is 2.06. The van der Waals surface area contributed by atoms with Gasteiger partial charge in [-0.2, -0.15) is 0 Å². The Balaban J connectivity index is 1.91. The second-order valence-corrected chi connectivity index (χ2v) is 5.49. The Hall–Kier alpha value is -2.01. The van der Waals surface area contributed by atoms with Crippen molar-refractivity contribution in [3.63, 3.8) is 0 Å². The minimum atomic E-state index is -0.0443. The topological polar surface area (TPSA) is 64.3 Å². The number of hydrogen-bond acceptors (Lipinski definition) is 3. The second kappa shape index (κ2) is 7.13. The average molecular weight is 349 g/mol. The first-order chi connectivity index (χ1) is 10.1. The molecule has 0 saturated carbocycles. The van der Waals surface area contributed by atoms with Crippen LogP contribution in [0, 0.1) is 0 Å². The number of nitrogen functional groups attached to an aromatic ring is 1. The fourth-order valence-electron chi connectivity index (χ4n) is 1.90. The van der Waals surface area contributed by atoms with Gasteiger partial charge in [-0.15, -0.1) is 0 Å². The van der Waals surface area contributed by atoms with Crippen LogP contribution in [0.4, 0.5) is 11.4 Å². The minimum Gasteiger partial charge on any atom is -0.497 e. The second-order valence-electron chi connectivity index (χ2n) is 4.64. The molecule has 0 saturated heterocycles. The zero-order chi connectivity index (χ0) is 15.2. The molecule has 21 heavy (non-hydrogen) atoms. The van der Waals surface area contributed by atoms with Crippen LogP contribution in [0.2, 0.25) is 0 Å². The maximum absolute atomic E-state index is 12.0. The van der Waals surface area contributed by atoms with Crippen LogP contribution in [-0.4, -0.2) is 13.0 Å². The number of rotatable bonds is 5. The molecule has 0 fully saturated rings. The van der Waals surface area contributed by atoms with E-state index in [2.05, 4.69) is 21.2 Å². The van der Waals surface area contributed by atoms with Gasteiger partial charge in [0, 0.05) is 16.6 Å². The lowest BCUT2D eigenvalue weighted by molar-refractivity contribution is -0.116. The fraction of sp³-hybridized carbons (Fsp3) is 0.188. The number of nitrogens with two attached hydrogens (primary N) is 1. The molecule has 1 amide bonds. The first kappa shape index (κ1) is 15.4. The predicted octanol–water partition coefficient (Wildman–Crippen LogP) is 3.61. The molecule has 3 N–H and O–H groups in total. The highest BCUT2D eigenvalue weighted by atomic mass is 79.9. The normalized spacial score (nSPS) is 10.2. The third kappa shape index (κ3) is 4.49. The number of aryl methyl sites for hydroxylation is 1. The maximum atomic E-state index is 12.0. The molecule has 110 valence electrons. The van der Waals surface area contributed by atoms with Crippen LogP contribution in [0.25, 0.3) is 0 Å². The van der Waals surface area contributed by atoms with E-state index in [9.17, 15) is 4.79 Å². The molecule has 5 heteroatoms. The van der Waals surface area contributed by atoms with Crippen molar-refractivity contribution in [1.29, 1.82) is 0 Å². The molecule has 0 unspecified atom stereocenters. The summed E-state index contributed by atoms with van der Waals surface area (Å²) in [7, 11) is 1.63. The van der Waals surface area contributed by atoms with E-state index in [1.807, 2.05) is 30.3 Å². The Morgan fingerprint density at radius 2 is 1.95 bits per heavy atom. The summed E-state index contributed by atoms with van der Waals surface area (Å²) in [5.41, 5.74) is 8.11. The predicted molar refractivity (Wildman–Crippen MR) is 88.5 cm³/mol. The van der Waals surface area contributed by atoms with Gasteiger partial charge in [0.25, 0.3) is 0 Å². The fourth-order valence-corrected chi connectivity index (χ4v) is 2.25. The summed E-state index contributed by atoms with van der Waals surface area (Å²) in [4.78, 5) is 12.0. The summed E-state index contributed by atoms with van der Waals surface area (Å²) in [6.45, 7) is 0. The zero-order valence-corrected chi connectivity index (χ0v) is 13.3. The van der Waals surface area contributed by atoms with Gasteiger partial charge in [-0.3, -0.25) is 4.79 Å². The van der Waals surface area contributed by atoms with Crippen LogP contribution in [0.1, 0.15) is 12.0 Å². The van der Waals surface area contributed by atoms with Gasteiger partial charge in [0.15, 0.2) is 0 Å². The molecule has 0 aliphatic rings. The van der Waals surface area contributed by atoms with Crippen molar-refractivity contribution >= 4 is 33.2 Å². The lowest BCUT2D eigenvalue weighted by Crippen LogP contribution is -2.13. The molecule has 0 aliphatic carbocycles. The number of amides is 1. The highest BCUT2D eigenvalue weighted by molar-refractivity contribution is 9.10. The largest absolute Gasteiger partial charge is 0.497 e. The number of anilines is 2. The number of halogens is 1. The van der Waals surface area contributed by atoms with E-state index in [0.29, 0.717) is 24.2 Å². The van der Waals surface area contributed by atoms with Gasteiger partial charge < -0.3 is 15.8 Å². The Bertz CT molecular complexity index is 627. The standard InChI is InChI=1S/C16H17BrN2O2/c1-21-13-6-2-11(3-7-13)4-9-16(20)19-15-10-12(18)5-8-14(15)17/h2-3,5-8,10H,4,9,18H2,1H3,(H,19,20). The van der Waals surface area contributed by atoms with Crippen LogP contribution >= 0.6 is 15.9 Å². The van der Waals surface area contributed by atoms with Crippen LogP contribution in [-0.2, 0) is 11.2 Å². The highest BCUT2D eigenvalue weighted by Crippen LogP contribution is 2.24. The van der Waals surface area contributed by atoms with Gasteiger partial charge in [-0.25, -0.2) is 0 Å². The van der Waals surface area contributed by atoms with Crippen molar-refractivity contribution in [3.05, 3.63) is 52.5 Å². The molecule has 0 aromatic heterocycles. The smallest absolute Gasteiger partial charge is 0.224 e. The molecule has 2 aromatic rings. The van der Waals surface area contributed by atoms with Crippen molar-refractivity contribution in [2.24, 2.45) is 0 Å². The van der Waals surface area contributed by atoms with E-state index in [-0.39, 0.29) is 5.91 Å². The Labute approximate surface area is 132 Å². The molecular formula is C16H17BrN2O2. The van der Waals surface area contributed by atoms with E-state index in [4.69, 9.17) is 10.5 Å². The van der Waals surface area contributed by atoms with Crippen molar-refractivity contribution in [2.75, 3.05) is 18.2 Å². The number of benzene rings is 2. The molecule has 2 aromatic carbocycles. The van der Waals surface area contributed by atoms with Crippen LogP contribution in [0.5, 0.6) is 5.75 Å². The zero-order valence-electron chi connectivity index (χ0n) is 11.7. The van der Waals surface area contributed by atoms with Crippen molar-refractivity contribution < 1.29 is 9.53 Å². The molecule has 0 aliphatic heterocycles. The number of hydrogen-bond donors (Lipinski definition) is 2. The minimum absolute atomic E-state index is 0.0443. The number of ether oxygens (including phenoxy) is 1. The first-order valence-corrected chi connectivity index (χ1v) is 7.35. The summed E-state index contributed by atoms with van der Waals surface area (Å²) in [5.74, 6) is 0.768. The van der Waals surface area contributed by atoms with Crippen molar-refractivity contribution in [1.82, 2.24) is 0 Å². The summed E-state index contributed by atoms with van der Waals surface area (Å²) < 4.78 is 5.92. The van der Waals surface area contributed by atoms with Crippen molar-refractivity contribution in [2.45, 2.75) is 12.8 Å². The number of carbonyl (C=O) groups is 1. The first-order valence-electron chi connectivity index (χ1n) is 6.56. The Kier molecular flexibility index (Phi) is 5.22. The van der Waals surface area contributed by atoms with Gasteiger partial charge in [0.2, 0.25) is 5.91 Å². The van der Waals surface area contributed by atoms with Crippen molar-refractivity contribution in [3.8, 4) is 5.75 Å². The van der Waals surface area contributed by atoms with Crippen LogP contribution in [0.15, 0.2) is 46.9 Å². The Morgan fingerprint density at radius 1 is 1.24 bits per heavy atom. The summed E-state index contributed by atoms with van der Waals surface area (Å²) in [6, 6.07) is 13.0. The van der Waals surface area contributed by atoms with Gasteiger partial charge in [-0.1, -0.05) is 12.1 Å². The van der Waals surface area contributed by atoms with E-state index in [0.717, 1.165) is 15.8 Å². The lowest BCUT2D eigenvalue weighted by Gasteiger charge is -2.08. The summed E-state index contributed by atoms with van der Waals surface area (Å²) in [6.07, 6.45) is 1.09. The van der Waals surface area contributed by atoms with Crippen LogP contribution in [0.3, 0.4) is 0 Å². The van der Waals surface area contributed by atoms with Gasteiger partial charge in [-0.05, 0) is 58.2 Å². The molecule has 0 bridgehead atoms. The summed E-state index contributed by atoms with van der Waals surface area (Å²) in [5, 5.41) is 2.85. The lowest BCUT2D eigenvalue weighted by atomic mass is 10.1. The monoisotopic (exact) mass is 348 g/mol. The molecular weight excluding hydrogens is 332 g/mol. The Morgan fingerprint density at radius 3 is 2.62 bits per heavy atom. The molecule has 2 rings (SSSR count). The molecule has 0 spiro atoms. The maximum Gasteiger partial charge on any atom is 0.224 e. The quantitative estimate of drug-likeness (QED) is 0.811. The van der Waals surface area contributed by atoms with Gasteiger partial charge in [0.05, 0.1) is 12.8 Å².